The lowest BCUT2D eigenvalue weighted by atomic mass is 9.96. The number of likely N-dealkylation sites (tertiary alicyclic amines) is 1. The van der Waals surface area contributed by atoms with Gasteiger partial charge in [-0.3, -0.25) is 0 Å². The van der Waals surface area contributed by atoms with E-state index in [9.17, 15) is 4.79 Å². The Kier molecular flexibility index (Phi) is 6.82. The number of carbonyl (C=O) groups excluding carboxylic acids is 1. The number of carbonyl (C=O) groups is 1. The number of amides is 1. The van der Waals surface area contributed by atoms with Gasteiger partial charge in [0.15, 0.2) is 0 Å². The van der Waals surface area contributed by atoms with E-state index in [0.29, 0.717) is 13.1 Å². The van der Waals surface area contributed by atoms with E-state index in [4.69, 9.17) is 19.2 Å². The Labute approximate surface area is 201 Å². The van der Waals surface area contributed by atoms with Crippen molar-refractivity contribution in [1.82, 2.24) is 14.9 Å². The number of ether oxygens (including phenoxy) is 3. The number of nitrogens with one attached hydrogen (secondary N) is 1. The fraction of sp³-hybridized carbons (Fsp3) is 0.407. The maximum absolute atomic E-state index is 12.4. The van der Waals surface area contributed by atoms with Crippen LogP contribution in [0.5, 0.6) is 11.5 Å². The van der Waals surface area contributed by atoms with Crippen LogP contribution in [-0.4, -0.2) is 53.9 Å². The number of methoxy groups -OCH3 is 2. The standard InChI is InChI=1S/C27H33N3O4/c1-27(2,3)34-26(31)30-16-14-20(15-17-30)25-28-23(18-6-10-21(32-4)11-7-18)24(29-25)19-8-12-22(33-5)13-9-19/h6-13,20H,14-17H2,1-5H3,(H,28,29). The topological polar surface area (TPSA) is 76.7 Å². The van der Waals surface area contributed by atoms with Gasteiger partial charge in [0.2, 0.25) is 0 Å². The van der Waals surface area contributed by atoms with Crippen LogP contribution in [0.2, 0.25) is 0 Å². The first kappa shape index (κ1) is 23.7. The van der Waals surface area contributed by atoms with Gasteiger partial charge in [-0.1, -0.05) is 0 Å². The van der Waals surface area contributed by atoms with E-state index >= 15 is 0 Å². The number of hydrogen-bond acceptors (Lipinski definition) is 5. The van der Waals surface area contributed by atoms with Gasteiger partial charge >= 0.3 is 6.09 Å². The molecule has 1 amide bonds. The van der Waals surface area contributed by atoms with Crippen LogP contribution in [0.4, 0.5) is 4.79 Å². The molecule has 1 aliphatic rings. The molecule has 0 unspecified atom stereocenters. The monoisotopic (exact) mass is 463 g/mol. The number of nitrogens with zero attached hydrogens (tertiary/aromatic N) is 2. The second kappa shape index (κ2) is 9.79. The van der Waals surface area contributed by atoms with Crippen LogP contribution in [0.1, 0.15) is 45.4 Å². The van der Waals surface area contributed by atoms with Crippen LogP contribution in [0, 0.1) is 0 Å². The molecule has 1 aromatic heterocycles. The molecule has 0 bridgehead atoms. The van der Waals surface area contributed by atoms with Crippen molar-refractivity contribution in [2.24, 2.45) is 0 Å². The van der Waals surface area contributed by atoms with Crippen LogP contribution >= 0.6 is 0 Å². The van der Waals surface area contributed by atoms with E-state index in [1.54, 1.807) is 19.1 Å². The van der Waals surface area contributed by atoms with Crippen molar-refractivity contribution in [2.75, 3.05) is 27.3 Å². The fourth-order valence-electron chi connectivity index (χ4n) is 4.17. The van der Waals surface area contributed by atoms with Gasteiger partial charge in [0.25, 0.3) is 0 Å². The summed E-state index contributed by atoms with van der Waals surface area (Å²) in [4.78, 5) is 22.9. The van der Waals surface area contributed by atoms with Crippen molar-refractivity contribution in [3.63, 3.8) is 0 Å². The molecule has 0 saturated carbocycles. The molecule has 0 atom stereocenters. The summed E-state index contributed by atoms with van der Waals surface area (Å²) in [5, 5.41) is 0. The van der Waals surface area contributed by atoms with Crippen molar-refractivity contribution in [2.45, 2.75) is 45.1 Å². The number of imidazole rings is 1. The molecule has 4 rings (SSSR count). The summed E-state index contributed by atoms with van der Waals surface area (Å²) < 4.78 is 16.2. The average molecular weight is 464 g/mol. The molecule has 7 nitrogen and oxygen atoms in total. The van der Waals surface area contributed by atoms with Crippen molar-refractivity contribution in [3.8, 4) is 34.0 Å². The summed E-state index contributed by atoms with van der Waals surface area (Å²) in [5.74, 6) is 2.80. The van der Waals surface area contributed by atoms with Crippen molar-refractivity contribution in [3.05, 3.63) is 54.4 Å². The van der Waals surface area contributed by atoms with Gasteiger partial charge < -0.3 is 24.1 Å². The minimum absolute atomic E-state index is 0.239. The summed E-state index contributed by atoms with van der Waals surface area (Å²) in [6, 6.07) is 15.9. The number of H-pyrrole nitrogens is 1. The molecule has 2 heterocycles. The number of hydrogen-bond donors (Lipinski definition) is 1. The van der Waals surface area contributed by atoms with Gasteiger partial charge in [-0.25, -0.2) is 9.78 Å². The third-order valence-corrected chi connectivity index (χ3v) is 6.00. The number of aromatic amines is 1. The Morgan fingerprint density at radius 2 is 1.44 bits per heavy atom. The van der Waals surface area contributed by atoms with Gasteiger partial charge in [-0.05, 0) is 82.1 Å². The van der Waals surface area contributed by atoms with E-state index in [2.05, 4.69) is 4.98 Å². The first-order chi connectivity index (χ1) is 16.3. The Morgan fingerprint density at radius 1 is 0.912 bits per heavy atom. The Hall–Kier alpha value is -3.48. The molecule has 2 aromatic carbocycles. The van der Waals surface area contributed by atoms with Gasteiger partial charge in [0.05, 0.1) is 25.6 Å². The number of rotatable bonds is 5. The molecule has 180 valence electrons. The normalized spacial score (nSPS) is 14.7. The summed E-state index contributed by atoms with van der Waals surface area (Å²) in [5.41, 5.74) is 3.43. The second-order valence-corrected chi connectivity index (χ2v) is 9.54. The largest absolute Gasteiger partial charge is 0.497 e. The van der Waals surface area contributed by atoms with Crippen LogP contribution in [-0.2, 0) is 4.74 Å². The summed E-state index contributed by atoms with van der Waals surface area (Å²) in [6.07, 6.45) is 1.41. The average Bonchev–Trinajstić information content (AvgIpc) is 3.29. The summed E-state index contributed by atoms with van der Waals surface area (Å²) in [7, 11) is 3.32. The van der Waals surface area contributed by atoms with Gasteiger partial charge in [0, 0.05) is 30.1 Å². The SMILES string of the molecule is COc1ccc(-c2nc(C3CCN(C(=O)OC(C)(C)C)CC3)[nH]c2-c2ccc(OC)cc2)cc1. The minimum atomic E-state index is -0.491. The first-order valence-electron chi connectivity index (χ1n) is 11.6. The number of benzene rings is 2. The van der Waals surface area contributed by atoms with E-state index in [-0.39, 0.29) is 12.0 Å². The van der Waals surface area contributed by atoms with Crippen LogP contribution in [0.3, 0.4) is 0 Å². The van der Waals surface area contributed by atoms with E-state index in [1.807, 2.05) is 69.3 Å². The lowest BCUT2D eigenvalue weighted by Crippen LogP contribution is -2.41. The lowest BCUT2D eigenvalue weighted by molar-refractivity contribution is 0.0203. The van der Waals surface area contributed by atoms with Crippen LogP contribution in [0.25, 0.3) is 22.5 Å². The highest BCUT2D eigenvalue weighted by molar-refractivity contribution is 5.79. The molecular weight excluding hydrogens is 430 g/mol. The van der Waals surface area contributed by atoms with E-state index in [1.165, 1.54) is 0 Å². The minimum Gasteiger partial charge on any atom is -0.497 e. The highest BCUT2D eigenvalue weighted by Gasteiger charge is 2.29. The predicted molar refractivity (Wildman–Crippen MR) is 132 cm³/mol. The van der Waals surface area contributed by atoms with Gasteiger partial charge in [-0.2, -0.15) is 0 Å². The van der Waals surface area contributed by atoms with Gasteiger partial charge in [0.1, 0.15) is 22.9 Å². The predicted octanol–water partition coefficient (Wildman–Crippen LogP) is 5.88. The quantitative estimate of drug-likeness (QED) is 0.512. The van der Waals surface area contributed by atoms with Crippen molar-refractivity contribution >= 4 is 6.09 Å². The smallest absolute Gasteiger partial charge is 0.410 e. The Bertz CT molecular complexity index is 1040. The zero-order valence-electron chi connectivity index (χ0n) is 20.6. The Balaban J connectivity index is 1.60. The maximum atomic E-state index is 12.4. The maximum Gasteiger partial charge on any atom is 0.410 e. The zero-order chi connectivity index (χ0) is 24.3. The van der Waals surface area contributed by atoms with E-state index in [0.717, 1.165) is 52.7 Å². The molecule has 1 fully saturated rings. The van der Waals surface area contributed by atoms with Crippen LogP contribution in [0.15, 0.2) is 48.5 Å². The summed E-state index contributed by atoms with van der Waals surface area (Å²) >= 11 is 0. The lowest BCUT2D eigenvalue weighted by Gasteiger charge is -2.32. The highest BCUT2D eigenvalue weighted by Crippen LogP contribution is 2.36. The highest BCUT2D eigenvalue weighted by atomic mass is 16.6. The third kappa shape index (κ3) is 5.35. The first-order valence-corrected chi connectivity index (χ1v) is 11.6. The third-order valence-electron chi connectivity index (χ3n) is 6.00. The zero-order valence-corrected chi connectivity index (χ0v) is 20.6. The van der Waals surface area contributed by atoms with Crippen molar-refractivity contribution in [1.29, 1.82) is 0 Å². The molecule has 1 saturated heterocycles. The number of aromatic nitrogens is 2. The van der Waals surface area contributed by atoms with Crippen LogP contribution < -0.4 is 9.47 Å². The van der Waals surface area contributed by atoms with E-state index < -0.39 is 5.60 Å². The molecule has 1 aliphatic heterocycles. The molecule has 7 heteroatoms. The van der Waals surface area contributed by atoms with Crippen molar-refractivity contribution < 1.29 is 19.0 Å². The number of piperidine rings is 1. The molecule has 0 radical (unpaired) electrons. The molecule has 1 N–H and O–H groups in total. The Morgan fingerprint density at radius 3 is 1.94 bits per heavy atom. The fourth-order valence-corrected chi connectivity index (χ4v) is 4.17. The summed E-state index contributed by atoms with van der Waals surface area (Å²) in [6.45, 7) is 6.97. The second-order valence-electron chi connectivity index (χ2n) is 9.54. The molecule has 0 spiro atoms. The molecule has 0 aliphatic carbocycles. The molecular formula is C27H33N3O4. The molecule has 3 aromatic rings. The van der Waals surface area contributed by atoms with Gasteiger partial charge in [-0.15, -0.1) is 0 Å². The molecule has 34 heavy (non-hydrogen) atoms.